The van der Waals surface area contributed by atoms with Crippen LogP contribution in [0.15, 0.2) is 42.5 Å². The molecule has 0 radical (unpaired) electrons. The average Bonchev–Trinajstić information content (AvgIpc) is 2.80. The van der Waals surface area contributed by atoms with Gasteiger partial charge in [-0.2, -0.15) is 0 Å². The second-order valence-corrected chi connectivity index (χ2v) is 8.13. The van der Waals surface area contributed by atoms with E-state index in [1.807, 2.05) is 38.1 Å². The summed E-state index contributed by atoms with van der Waals surface area (Å²) < 4.78 is 16.1. The number of urea groups is 1. The van der Waals surface area contributed by atoms with Crippen LogP contribution in [0.25, 0.3) is 0 Å². The third-order valence-electron chi connectivity index (χ3n) is 6.01. The lowest BCUT2D eigenvalue weighted by Crippen LogP contribution is -2.52. The highest BCUT2D eigenvalue weighted by Crippen LogP contribution is 2.37. The number of ether oxygens (including phenoxy) is 3. The van der Waals surface area contributed by atoms with Crippen molar-refractivity contribution in [1.82, 2.24) is 4.90 Å². The molecule has 1 unspecified atom stereocenters. The van der Waals surface area contributed by atoms with E-state index in [1.54, 1.807) is 37.3 Å². The van der Waals surface area contributed by atoms with Crippen molar-refractivity contribution >= 4 is 17.7 Å². The topological polar surface area (TPSA) is 77.1 Å². The number of likely N-dealkylation sites (tertiary alicyclic amines) is 1. The van der Waals surface area contributed by atoms with Gasteiger partial charge in [0, 0.05) is 19.2 Å². The van der Waals surface area contributed by atoms with Crippen molar-refractivity contribution in [1.29, 1.82) is 0 Å². The van der Waals surface area contributed by atoms with E-state index in [-0.39, 0.29) is 18.5 Å². The summed E-state index contributed by atoms with van der Waals surface area (Å²) in [6.45, 7) is 5.01. The SMILES string of the molecule is CCOC(=O)C1(Cc2ccccc2C)CCCN(C(=O)Nc2cc(OC)ccc2OC)C1. The van der Waals surface area contributed by atoms with Gasteiger partial charge in [-0.1, -0.05) is 24.3 Å². The van der Waals surface area contributed by atoms with Crippen LogP contribution in [0.5, 0.6) is 11.5 Å². The number of amides is 2. The summed E-state index contributed by atoms with van der Waals surface area (Å²) in [5, 5.41) is 2.92. The molecule has 1 aliphatic rings. The van der Waals surface area contributed by atoms with Gasteiger partial charge < -0.3 is 24.4 Å². The van der Waals surface area contributed by atoms with E-state index >= 15 is 0 Å². The number of anilines is 1. The summed E-state index contributed by atoms with van der Waals surface area (Å²) in [5.41, 5.74) is 1.95. The minimum Gasteiger partial charge on any atom is -0.497 e. The average molecular weight is 441 g/mol. The minimum absolute atomic E-state index is 0.250. The lowest BCUT2D eigenvalue weighted by molar-refractivity contribution is -0.158. The number of carbonyl (C=O) groups excluding carboxylic acids is 2. The molecule has 32 heavy (non-hydrogen) atoms. The molecule has 0 saturated carbocycles. The van der Waals surface area contributed by atoms with Gasteiger partial charge in [-0.15, -0.1) is 0 Å². The molecule has 0 spiro atoms. The maximum Gasteiger partial charge on any atom is 0.321 e. The molecule has 7 heteroatoms. The highest BCUT2D eigenvalue weighted by molar-refractivity contribution is 5.92. The number of carbonyl (C=O) groups is 2. The zero-order chi connectivity index (χ0) is 23.1. The zero-order valence-electron chi connectivity index (χ0n) is 19.3. The third-order valence-corrected chi connectivity index (χ3v) is 6.01. The van der Waals surface area contributed by atoms with Crippen LogP contribution in [0.4, 0.5) is 10.5 Å². The highest BCUT2D eigenvalue weighted by Gasteiger charge is 2.45. The Morgan fingerprint density at radius 3 is 2.59 bits per heavy atom. The molecule has 1 heterocycles. The number of aryl methyl sites for hydroxylation is 1. The predicted octanol–water partition coefficient (Wildman–Crippen LogP) is 4.43. The number of rotatable bonds is 7. The zero-order valence-corrected chi connectivity index (χ0v) is 19.3. The van der Waals surface area contributed by atoms with E-state index in [1.165, 1.54) is 0 Å². The number of hydrogen-bond donors (Lipinski definition) is 1. The molecule has 7 nitrogen and oxygen atoms in total. The first-order valence-corrected chi connectivity index (χ1v) is 10.9. The van der Waals surface area contributed by atoms with Crippen LogP contribution in [0.2, 0.25) is 0 Å². The predicted molar refractivity (Wildman–Crippen MR) is 123 cm³/mol. The molecule has 172 valence electrons. The first kappa shape index (κ1) is 23.4. The molecule has 2 aromatic rings. The number of nitrogens with zero attached hydrogens (tertiary/aromatic N) is 1. The van der Waals surface area contributed by atoms with Gasteiger partial charge in [-0.05, 0) is 56.4 Å². The fourth-order valence-corrected chi connectivity index (χ4v) is 4.25. The van der Waals surface area contributed by atoms with Crippen molar-refractivity contribution in [3.63, 3.8) is 0 Å². The van der Waals surface area contributed by atoms with E-state index in [2.05, 4.69) is 5.32 Å². The van der Waals surface area contributed by atoms with Crippen molar-refractivity contribution in [3.05, 3.63) is 53.6 Å². The van der Waals surface area contributed by atoms with Gasteiger partial charge in [0.15, 0.2) is 0 Å². The van der Waals surface area contributed by atoms with Crippen LogP contribution >= 0.6 is 0 Å². The Balaban J connectivity index is 1.85. The number of esters is 1. The molecule has 1 aliphatic heterocycles. The first-order valence-electron chi connectivity index (χ1n) is 10.9. The van der Waals surface area contributed by atoms with Gasteiger partial charge in [-0.25, -0.2) is 4.79 Å². The molecule has 2 amide bonds. The second-order valence-electron chi connectivity index (χ2n) is 8.13. The monoisotopic (exact) mass is 440 g/mol. The Morgan fingerprint density at radius 1 is 1.12 bits per heavy atom. The molecular formula is C25H32N2O5. The van der Waals surface area contributed by atoms with Crippen molar-refractivity contribution in [3.8, 4) is 11.5 Å². The van der Waals surface area contributed by atoms with E-state index in [9.17, 15) is 9.59 Å². The van der Waals surface area contributed by atoms with Gasteiger partial charge >= 0.3 is 12.0 Å². The molecule has 0 aromatic heterocycles. The van der Waals surface area contributed by atoms with Gasteiger partial charge in [0.05, 0.1) is 31.9 Å². The van der Waals surface area contributed by atoms with Crippen molar-refractivity contribution in [2.75, 3.05) is 39.2 Å². The maximum atomic E-state index is 13.2. The molecule has 3 rings (SSSR count). The summed E-state index contributed by atoms with van der Waals surface area (Å²) in [7, 11) is 3.11. The van der Waals surface area contributed by atoms with E-state index < -0.39 is 5.41 Å². The summed E-state index contributed by atoms with van der Waals surface area (Å²) >= 11 is 0. The highest BCUT2D eigenvalue weighted by atomic mass is 16.5. The number of hydrogen-bond acceptors (Lipinski definition) is 5. The molecule has 1 saturated heterocycles. The van der Waals surface area contributed by atoms with Gasteiger partial charge in [0.25, 0.3) is 0 Å². The van der Waals surface area contributed by atoms with E-state index in [0.717, 1.165) is 11.1 Å². The first-order chi connectivity index (χ1) is 15.4. The summed E-state index contributed by atoms with van der Waals surface area (Å²) in [6, 6.07) is 13.0. The van der Waals surface area contributed by atoms with Crippen LogP contribution in [0.1, 0.15) is 30.9 Å². The summed E-state index contributed by atoms with van der Waals surface area (Å²) in [5.74, 6) is 0.896. The largest absolute Gasteiger partial charge is 0.497 e. The molecule has 0 bridgehead atoms. The molecule has 1 atom stereocenters. The Bertz CT molecular complexity index is 961. The number of methoxy groups -OCH3 is 2. The Kier molecular flexibility index (Phi) is 7.62. The Morgan fingerprint density at radius 2 is 1.91 bits per heavy atom. The van der Waals surface area contributed by atoms with Gasteiger partial charge in [0.2, 0.25) is 0 Å². The van der Waals surface area contributed by atoms with E-state index in [0.29, 0.717) is 49.6 Å². The summed E-state index contributed by atoms with van der Waals surface area (Å²) in [6.07, 6.45) is 1.92. The maximum absolute atomic E-state index is 13.2. The molecule has 2 aromatic carbocycles. The van der Waals surface area contributed by atoms with E-state index in [4.69, 9.17) is 14.2 Å². The van der Waals surface area contributed by atoms with Crippen LogP contribution in [0.3, 0.4) is 0 Å². The van der Waals surface area contributed by atoms with Crippen molar-refractivity contribution in [2.24, 2.45) is 5.41 Å². The molecular weight excluding hydrogens is 408 g/mol. The minimum atomic E-state index is -0.782. The van der Waals surface area contributed by atoms with Crippen LogP contribution in [0, 0.1) is 12.3 Å². The van der Waals surface area contributed by atoms with Crippen LogP contribution in [-0.2, 0) is 16.0 Å². The third kappa shape index (κ3) is 5.15. The smallest absolute Gasteiger partial charge is 0.321 e. The van der Waals surface area contributed by atoms with Gasteiger partial charge in [0.1, 0.15) is 11.5 Å². The second kappa shape index (κ2) is 10.4. The Hall–Kier alpha value is -3.22. The van der Waals surface area contributed by atoms with Crippen molar-refractivity contribution < 1.29 is 23.8 Å². The number of piperidine rings is 1. The lowest BCUT2D eigenvalue weighted by atomic mass is 9.74. The van der Waals surface area contributed by atoms with Crippen LogP contribution < -0.4 is 14.8 Å². The molecule has 1 fully saturated rings. The fourth-order valence-electron chi connectivity index (χ4n) is 4.25. The number of nitrogens with one attached hydrogen (secondary N) is 1. The molecule has 0 aliphatic carbocycles. The molecule has 1 N–H and O–H groups in total. The quantitative estimate of drug-likeness (QED) is 0.645. The van der Waals surface area contributed by atoms with Crippen molar-refractivity contribution in [2.45, 2.75) is 33.1 Å². The normalized spacial score (nSPS) is 18.1. The standard InChI is InChI=1S/C25H32N2O5/c1-5-32-23(28)25(16-19-10-7-6-9-18(19)2)13-8-14-27(17-25)24(29)26-21-15-20(30-3)11-12-22(21)31-4/h6-7,9-12,15H,5,8,13-14,16-17H2,1-4H3,(H,26,29). The van der Waals surface area contributed by atoms with Crippen LogP contribution in [-0.4, -0.2) is 50.8 Å². The lowest BCUT2D eigenvalue weighted by Gasteiger charge is -2.41. The summed E-state index contributed by atoms with van der Waals surface area (Å²) in [4.78, 5) is 28.0. The fraction of sp³-hybridized carbons (Fsp3) is 0.440. The number of benzene rings is 2. The Labute approximate surface area is 189 Å². The van der Waals surface area contributed by atoms with Gasteiger partial charge in [-0.3, -0.25) is 4.79 Å².